The fourth-order valence-electron chi connectivity index (χ4n) is 4.41. The Kier molecular flexibility index (Phi) is 5.98. The maximum atomic E-state index is 13.3. The van der Waals surface area contributed by atoms with E-state index in [-0.39, 0.29) is 24.0 Å². The number of aryl methyl sites for hydroxylation is 1. The first kappa shape index (κ1) is 23.0. The summed E-state index contributed by atoms with van der Waals surface area (Å²) < 4.78 is 27.8. The average molecular weight is 489 g/mol. The Morgan fingerprint density at radius 2 is 1.94 bits per heavy atom. The largest absolute Gasteiger partial charge is 0.390 e. The third-order valence-electron chi connectivity index (χ3n) is 6.43. The second-order valence-electron chi connectivity index (χ2n) is 8.58. The minimum atomic E-state index is -3.76. The van der Waals surface area contributed by atoms with E-state index >= 15 is 0 Å². The van der Waals surface area contributed by atoms with Crippen LogP contribution in [0, 0.1) is 18.3 Å². The standard InChI is InChI=1S/C25H24N6O3S/c1-16-20-8-10-27-25(20)29-14-21(16)18-3-5-19(6-4-18)35(33,34)31-11-9-22(23(32)15-31)30-24-7-2-17(12-26)13-28-24/h2-8,10,13-14,22-23,32H,9,11,15H2,1H3,(H,27,29)(H,28,30)/t22-,23+/m1/s1. The Labute approximate surface area is 203 Å². The number of aliphatic hydroxyl groups excluding tert-OH is 1. The van der Waals surface area contributed by atoms with Gasteiger partial charge in [0.1, 0.15) is 17.5 Å². The lowest BCUT2D eigenvalue weighted by atomic mass is 10.0. The summed E-state index contributed by atoms with van der Waals surface area (Å²) in [6.07, 6.45) is 4.59. The van der Waals surface area contributed by atoms with E-state index in [9.17, 15) is 13.5 Å². The number of nitrogens with one attached hydrogen (secondary N) is 2. The van der Waals surface area contributed by atoms with E-state index in [4.69, 9.17) is 5.26 Å². The SMILES string of the molecule is Cc1c(-c2ccc(S(=O)(=O)N3CC[C@@H](Nc4ccc(C#N)cn4)[C@@H](O)C3)cc2)cnc2[nH]ccc12. The molecule has 0 unspecified atom stereocenters. The van der Waals surface area contributed by atoms with Crippen LogP contribution in [0.2, 0.25) is 0 Å². The zero-order chi connectivity index (χ0) is 24.6. The number of sulfonamides is 1. The van der Waals surface area contributed by atoms with Gasteiger partial charge in [0.25, 0.3) is 0 Å². The molecule has 3 N–H and O–H groups in total. The fraction of sp³-hybridized carbons (Fsp3) is 0.240. The number of piperidine rings is 1. The van der Waals surface area contributed by atoms with E-state index in [0.29, 0.717) is 17.8 Å². The average Bonchev–Trinajstić information content (AvgIpc) is 3.36. The van der Waals surface area contributed by atoms with Gasteiger partial charge in [0.05, 0.1) is 22.6 Å². The van der Waals surface area contributed by atoms with Crippen LogP contribution in [0.15, 0.2) is 66.0 Å². The van der Waals surface area contributed by atoms with Gasteiger partial charge in [0, 0.05) is 42.6 Å². The lowest BCUT2D eigenvalue weighted by Gasteiger charge is -2.35. The Bertz CT molecular complexity index is 1510. The van der Waals surface area contributed by atoms with Gasteiger partial charge in [-0.05, 0) is 54.8 Å². The summed E-state index contributed by atoms with van der Waals surface area (Å²) in [5, 5.41) is 23.7. The van der Waals surface area contributed by atoms with Crippen LogP contribution >= 0.6 is 0 Å². The minimum Gasteiger partial charge on any atom is -0.390 e. The minimum absolute atomic E-state index is 0.0226. The molecule has 4 heterocycles. The van der Waals surface area contributed by atoms with Crippen LogP contribution in [0.3, 0.4) is 0 Å². The molecule has 0 spiro atoms. The molecular formula is C25H24N6O3S. The molecule has 4 aromatic rings. The molecule has 1 saturated heterocycles. The molecule has 5 rings (SSSR count). The van der Waals surface area contributed by atoms with E-state index in [1.54, 1.807) is 42.6 Å². The van der Waals surface area contributed by atoms with E-state index in [2.05, 4.69) is 20.3 Å². The molecule has 0 saturated carbocycles. The van der Waals surface area contributed by atoms with Crippen molar-refractivity contribution in [2.24, 2.45) is 0 Å². The highest BCUT2D eigenvalue weighted by molar-refractivity contribution is 7.89. The lowest BCUT2D eigenvalue weighted by molar-refractivity contribution is 0.0949. The number of hydrogen-bond donors (Lipinski definition) is 3. The smallest absolute Gasteiger partial charge is 0.243 e. The second-order valence-corrected chi connectivity index (χ2v) is 10.5. The number of β-amino-alcohol motifs (C(OH)–C–C–N with tert-alkyl or cyclic N) is 1. The van der Waals surface area contributed by atoms with E-state index < -0.39 is 16.1 Å². The Morgan fingerprint density at radius 1 is 1.14 bits per heavy atom. The van der Waals surface area contributed by atoms with E-state index in [1.807, 2.05) is 25.3 Å². The predicted molar refractivity (Wildman–Crippen MR) is 132 cm³/mol. The zero-order valence-electron chi connectivity index (χ0n) is 19.0. The molecule has 1 aliphatic rings. The molecule has 0 radical (unpaired) electrons. The number of hydrogen-bond acceptors (Lipinski definition) is 7. The van der Waals surface area contributed by atoms with Crippen molar-refractivity contribution in [3.05, 3.63) is 72.2 Å². The number of rotatable bonds is 5. The van der Waals surface area contributed by atoms with Crippen molar-refractivity contribution in [3.63, 3.8) is 0 Å². The third-order valence-corrected chi connectivity index (χ3v) is 8.31. The van der Waals surface area contributed by atoms with Gasteiger partial charge in [-0.25, -0.2) is 18.4 Å². The summed E-state index contributed by atoms with van der Waals surface area (Å²) in [7, 11) is -3.76. The molecule has 2 atom stereocenters. The van der Waals surface area contributed by atoms with Gasteiger partial charge >= 0.3 is 0 Å². The highest BCUT2D eigenvalue weighted by Gasteiger charge is 2.35. The van der Waals surface area contributed by atoms with Gasteiger partial charge in [0.2, 0.25) is 10.0 Å². The van der Waals surface area contributed by atoms with Crippen LogP contribution in [0.5, 0.6) is 0 Å². The lowest BCUT2D eigenvalue weighted by Crippen LogP contribution is -2.51. The van der Waals surface area contributed by atoms with Gasteiger partial charge < -0.3 is 15.4 Å². The van der Waals surface area contributed by atoms with Crippen molar-refractivity contribution >= 4 is 26.9 Å². The van der Waals surface area contributed by atoms with Crippen LogP contribution in [0.4, 0.5) is 5.82 Å². The first-order valence-electron chi connectivity index (χ1n) is 11.2. The molecule has 0 aliphatic carbocycles. The number of aromatic amines is 1. The highest BCUT2D eigenvalue weighted by Crippen LogP contribution is 2.30. The van der Waals surface area contributed by atoms with Gasteiger partial charge in [0.15, 0.2) is 0 Å². The van der Waals surface area contributed by atoms with Gasteiger partial charge in [-0.1, -0.05) is 12.1 Å². The monoisotopic (exact) mass is 488 g/mol. The fourth-order valence-corrected chi connectivity index (χ4v) is 5.89. The molecule has 35 heavy (non-hydrogen) atoms. The zero-order valence-corrected chi connectivity index (χ0v) is 19.8. The number of nitriles is 1. The van der Waals surface area contributed by atoms with Crippen LogP contribution in [-0.4, -0.2) is 58.0 Å². The number of anilines is 1. The maximum Gasteiger partial charge on any atom is 0.243 e. The summed E-state index contributed by atoms with van der Waals surface area (Å²) in [5.74, 6) is 0.530. The number of nitrogens with zero attached hydrogens (tertiary/aromatic N) is 4. The third kappa shape index (κ3) is 4.37. The molecule has 178 valence electrons. The second kappa shape index (κ2) is 9.11. The van der Waals surface area contributed by atoms with Crippen molar-refractivity contribution in [1.82, 2.24) is 19.3 Å². The summed E-state index contributed by atoms with van der Waals surface area (Å²) in [5.41, 5.74) is 4.16. The molecule has 1 aromatic carbocycles. The summed E-state index contributed by atoms with van der Waals surface area (Å²) in [6.45, 7) is 2.26. The molecule has 1 aliphatic heterocycles. The van der Waals surface area contributed by atoms with Crippen molar-refractivity contribution in [2.45, 2.75) is 30.4 Å². The summed E-state index contributed by atoms with van der Waals surface area (Å²) in [4.78, 5) is 11.9. The number of H-pyrrole nitrogens is 1. The molecule has 9 nitrogen and oxygen atoms in total. The Morgan fingerprint density at radius 3 is 2.63 bits per heavy atom. The van der Waals surface area contributed by atoms with Gasteiger partial charge in [-0.3, -0.25) is 0 Å². The topological polar surface area (TPSA) is 135 Å². The van der Waals surface area contributed by atoms with Crippen LogP contribution in [-0.2, 0) is 10.0 Å². The predicted octanol–water partition coefficient (Wildman–Crippen LogP) is 3.04. The van der Waals surface area contributed by atoms with Crippen molar-refractivity contribution < 1.29 is 13.5 Å². The molecule has 0 amide bonds. The number of benzene rings is 1. The van der Waals surface area contributed by atoms with Crippen molar-refractivity contribution in [1.29, 1.82) is 5.26 Å². The molecule has 10 heteroatoms. The number of aliphatic hydroxyl groups is 1. The molecular weight excluding hydrogens is 464 g/mol. The van der Waals surface area contributed by atoms with Crippen LogP contribution < -0.4 is 5.32 Å². The molecule has 1 fully saturated rings. The van der Waals surface area contributed by atoms with Gasteiger partial charge in [-0.15, -0.1) is 0 Å². The first-order valence-corrected chi connectivity index (χ1v) is 12.6. The highest BCUT2D eigenvalue weighted by atomic mass is 32.2. The normalized spacial score (nSPS) is 18.9. The van der Waals surface area contributed by atoms with E-state index in [0.717, 1.165) is 27.7 Å². The number of fused-ring (bicyclic) bond motifs is 1. The summed E-state index contributed by atoms with van der Waals surface area (Å²) in [6, 6.07) is 13.7. The molecule has 0 bridgehead atoms. The van der Waals surface area contributed by atoms with E-state index in [1.165, 1.54) is 10.5 Å². The maximum absolute atomic E-state index is 13.3. The molecule has 3 aromatic heterocycles. The van der Waals surface area contributed by atoms with Crippen molar-refractivity contribution in [2.75, 3.05) is 18.4 Å². The van der Waals surface area contributed by atoms with Crippen LogP contribution in [0.1, 0.15) is 17.5 Å². The quantitative estimate of drug-likeness (QED) is 0.393. The number of aromatic nitrogens is 3. The van der Waals surface area contributed by atoms with Crippen molar-refractivity contribution in [3.8, 4) is 17.2 Å². The number of pyridine rings is 2. The van der Waals surface area contributed by atoms with Crippen LogP contribution in [0.25, 0.3) is 22.2 Å². The first-order chi connectivity index (χ1) is 16.9. The Balaban J connectivity index is 1.29. The van der Waals surface area contributed by atoms with Gasteiger partial charge in [-0.2, -0.15) is 9.57 Å². The summed E-state index contributed by atoms with van der Waals surface area (Å²) >= 11 is 0. The Hall–Kier alpha value is -3.78.